The van der Waals surface area contributed by atoms with Gasteiger partial charge in [-0.1, -0.05) is 252 Å². The van der Waals surface area contributed by atoms with Crippen LogP contribution in [0.2, 0.25) is 0 Å². The van der Waals surface area contributed by atoms with E-state index >= 15 is 0 Å². The van der Waals surface area contributed by atoms with Gasteiger partial charge in [-0.05, 0) is 97.3 Å². The first-order valence-electron chi connectivity index (χ1n) is 46.5. The van der Waals surface area contributed by atoms with E-state index in [1.165, 1.54) is 142 Å². The number of nitrogens with zero attached hydrogens (tertiary/aromatic N) is 8. The highest BCUT2D eigenvalue weighted by atomic mass is 31.3. The molecule has 16 atom stereocenters. The van der Waals surface area contributed by atoms with Crippen LogP contribution in [0.3, 0.4) is 0 Å². The summed E-state index contributed by atoms with van der Waals surface area (Å²) in [5.74, 6) is 5.07. The van der Waals surface area contributed by atoms with Gasteiger partial charge in [0.2, 0.25) is 0 Å². The van der Waals surface area contributed by atoms with Gasteiger partial charge in [0.1, 0.15) is 48.3 Å². The van der Waals surface area contributed by atoms with Gasteiger partial charge in [0.05, 0.1) is 56.9 Å². The van der Waals surface area contributed by atoms with Gasteiger partial charge < -0.3 is 37.9 Å². The number of ether oxygens (including phenoxy) is 8. The van der Waals surface area contributed by atoms with Gasteiger partial charge in [-0.15, -0.1) is 26.3 Å². The molecule has 0 aromatic heterocycles. The summed E-state index contributed by atoms with van der Waals surface area (Å²) in [6.07, 6.45) is 14.4. The molecule has 36 nitrogen and oxygen atoms in total. The average molecular weight is 2150 g/mol. The Balaban J connectivity index is 0.000000340. The van der Waals surface area contributed by atoms with E-state index in [1.807, 2.05) is 177 Å². The maximum Gasteiger partial charge on any atom is 0.323 e. The molecule has 0 N–H and O–H groups in total. The Kier molecular flexibility index (Phi) is 52.0. The predicted octanol–water partition coefficient (Wildman–Crippen LogP) is 20.9. The molecule has 144 heavy (non-hydrogen) atoms. The van der Waals surface area contributed by atoms with Crippen LogP contribution in [0.15, 0.2) is 269 Å². The molecule has 0 radical (unpaired) electrons. The van der Waals surface area contributed by atoms with Crippen molar-refractivity contribution in [2.45, 2.75) is 155 Å². The molecule has 0 saturated heterocycles. The average Bonchev–Trinajstić information content (AvgIpc) is 1.58. The largest absolute Gasteiger partial charge is 0.468 e. The number of benzene rings is 4. The minimum atomic E-state index is -4.30. The fourth-order valence-electron chi connectivity index (χ4n) is 16.0. The van der Waals surface area contributed by atoms with Crippen LogP contribution < -0.4 is 0 Å². The maximum atomic E-state index is 14.6. The summed E-state index contributed by atoms with van der Waals surface area (Å²) in [4.78, 5) is 102. The van der Waals surface area contributed by atoms with Gasteiger partial charge in [-0.3, -0.25) is 74.9 Å². The zero-order valence-corrected chi connectivity index (χ0v) is 92.4. The first kappa shape index (κ1) is 125. The number of carbonyl (C=O) groups is 8. The molecule has 4 aliphatic heterocycles. The van der Waals surface area contributed by atoms with Crippen molar-refractivity contribution in [3.05, 3.63) is 291 Å². The van der Waals surface area contributed by atoms with Crippen LogP contribution in [-0.2, 0) is 156 Å². The highest BCUT2D eigenvalue weighted by Gasteiger charge is 2.55. The van der Waals surface area contributed by atoms with Gasteiger partial charge in [-0.25, -0.2) is 54.6 Å². The van der Waals surface area contributed by atoms with Gasteiger partial charge >= 0.3 is 108 Å². The van der Waals surface area contributed by atoms with Crippen LogP contribution in [0.25, 0.3) is 0 Å². The Morgan fingerprint density at radius 1 is 0.299 bits per heavy atom. The predicted molar refractivity (Wildman–Crippen MR) is 562 cm³/mol. The van der Waals surface area contributed by atoms with Crippen molar-refractivity contribution in [3.8, 4) is 0 Å². The third kappa shape index (κ3) is 34.5. The van der Waals surface area contributed by atoms with E-state index in [9.17, 15) is 74.9 Å². The van der Waals surface area contributed by atoms with E-state index in [-0.39, 0.29) is 115 Å². The standard InChI is InChI=1S/C30H38N2O7P2.C26H30N2O7P2.C24H42N2O7P2.C20H34N2O7P2/c1-7-21-31(27(29(33)37-5)23-25-17-13-11-14-18-25)40(35,9-3)39-41(36,10-4)32(22-8-2)28(30(34)38-6)24-26-19-15-12-16-20-26;1-33-25(29)23(19-21-11-5-3-6-12-21)27-15-9-17-36(27,31)35-37(32)18-10-16-28(37)24(26(30)34-2)20-22-13-7-4-8-14-22;1-11-15-25(21(17-19(5)6)23(27)31-9)34(29,13-3)33-35(30,14-4)26(16-12-2)22(18-20(7)8)24(28)32-10;1-15(2)13-17(19(23)27-5)21-9-7-11-30(21,25)29-31(26)12-8-10-22(31)18(14-16(3)4)20(24)28-6/h7-20,27-28H,1-4,21-24H2,5-6H3;3-14,17-18,23-24H,15-16,19-20H2,1-2H3;11-14,19-22H,1-4,15-18H2,5-10H3;7-8,11-12,15-18H,9-10,13-14H2,1-6H3/t27-,28-,40-,41+;23-,24-,36+,37?;21-,22-,34-,35+;17-,18-,30+,31?/m0000/s1. The number of carbonyl (C=O) groups excluding carboxylic acids is 8. The highest BCUT2D eigenvalue weighted by molar-refractivity contribution is 7.74. The first-order chi connectivity index (χ1) is 68.2. The minimum absolute atomic E-state index is 0.0305. The van der Waals surface area contributed by atoms with Crippen LogP contribution in [0.1, 0.15) is 103 Å². The Labute approximate surface area is 849 Å². The summed E-state index contributed by atoms with van der Waals surface area (Å²) in [5, 5.41) is 0. The molecule has 0 aliphatic carbocycles. The van der Waals surface area contributed by atoms with Crippen molar-refractivity contribution in [1.29, 1.82) is 0 Å². The van der Waals surface area contributed by atoms with E-state index in [0.29, 0.717) is 12.8 Å². The number of rotatable bonds is 56. The summed E-state index contributed by atoms with van der Waals surface area (Å²) in [6.45, 7) is 45.4. The van der Waals surface area contributed by atoms with E-state index in [0.717, 1.165) is 45.5 Å². The van der Waals surface area contributed by atoms with Crippen LogP contribution in [0.4, 0.5) is 0 Å². The summed E-state index contributed by atoms with van der Waals surface area (Å²) in [7, 11) is -22.3. The molecule has 0 saturated carbocycles. The van der Waals surface area contributed by atoms with Gasteiger partial charge in [-0.2, -0.15) is 0 Å². The molecular weight excluding hydrogens is 2010 g/mol. The van der Waals surface area contributed by atoms with Crippen molar-refractivity contribution < 1.29 is 130 Å². The molecule has 0 spiro atoms. The monoisotopic (exact) mass is 2150 g/mol. The summed E-state index contributed by atoms with van der Waals surface area (Å²) in [6, 6.07) is 29.0. The lowest BCUT2D eigenvalue weighted by Gasteiger charge is -2.39. The molecule has 2 unspecified atom stereocenters. The molecule has 4 aromatic rings. The van der Waals surface area contributed by atoms with Crippen molar-refractivity contribution in [2.24, 2.45) is 23.7 Å². The fraction of sp³-hybridized carbons (Fsp3) is 0.440. The van der Waals surface area contributed by atoms with E-state index in [2.05, 4.69) is 52.6 Å². The smallest absolute Gasteiger partial charge is 0.323 e. The molecule has 0 bridgehead atoms. The SMILES string of the molecule is C=CCN([C@@H](CC(C)C)C(=O)OC)[P@@](=O)(C=C)O[P@@](=O)(C=C)N(CC=C)[C@@H](CC(C)C)C(=O)OC.C=CCN([C@@H](Cc1ccccc1)C(=O)OC)[P@@](=O)(C=C)O[P@@](=O)(C=C)N(CC=C)[C@@H](Cc1ccccc1)C(=O)OC.COC(=O)[C@H](CC(C)C)N1CC=CP1(=O)O[P@]1(=O)C=CCN1[C@@H](CC(C)C)C(=O)OC.COC(=O)[C@H](Cc1ccccc1)N1CC=CP1(=O)O[P@]1(=O)C=CCN1[C@@H](Cc1ccccc1)C(=O)OC. The van der Waals surface area contributed by atoms with Gasteiger partial charge in [0.25, 0.3) is 0 Å². The Bertz CT molecular complexity index is 5240. The van der Waals surface area contributed by atoms with Crippen molar-refractivity contribution in [2.75, 3.05) is 109 Å². The van der Waals surface area contributed by atoms with Crippen molar-refractivity contribution >= 4 is 108 Å². The number of hydrogen-bond donors (Lipinski definition) is 0. The van der Waals surface area contributed by atoms with Gasteiger partial charge in [0.15, 0.2) is 0 Å². The zero-order chi connectivity index (χ0) is 108. The zero-order valence-electron chi connectivity index (χ0n) is 85.3. The Morgan fingerprint density at radius 2 is 0.493 bits per heavy atom. The molecule has 0 amide bonds. The maximum absolute atomic E-state index is 14.6. The molecule has 8 rings (SSSR count). The second-order valence-electron chi connectivity index (χ2n) is 34.8. The lowest BCUT2D eigenvalue weighted by Crippen LogP contribution is -2.43. The lowest BCUT2D eigenvalue weighted by atomic mass is 10.0. The second-order valence-corrected chi connectivity index (χ2v) is 53.2. The van der Waals surface area contributed by atoms with Crippen molar-refractivity contribution in [3.63, 3.8) is 0 Å². The quantitative estimate of drug-likeness (QED) is 0.0171. The third-order valence-electron chi connectivity index (χ3n) is 22.9. The normalized spacial score (nSPS) is 21.1. The third-order valence-corrected chi connectivity index (χ3v) is 43.8. The fourth-order valence-corrected chi connectivity index (χ4v) is 36.5. The minimum Gasteiger partial charge on any atom is -0.468 e. The van der Waals surface area contributed by atoms with E-state index in [1.54, 1.807) is 24.3 Å². The molecule has 4 heterocycles. The topological polar surface area (TPSA) is 410 Å². The highest BCUT2D eigenvalue weighted by Crippen LogP contribution is 2.75. The summed E-state index contributed by atoms with van der Waals surface area (Å²) in [5.41, 5.74) is 3.22. The van der Waals surface area contributed by atoms with Crippen molar-refractivity contribution in [1.82, 2.24) is 37.4 Å². The molecule has 0 fully saturated rings. The van der Waals surface area contributed by atoms with E-state index < -0.39 is 156 Å². The number of esters is 8. The van der Waals surface area contributed by atoms with E-state index in [4.69, 9.17) is 55.1 Å². The molecular formula is C100H144N8O28P8. The summed E-state index contributed by atoms with van der Waals surface area (Å²) < 4.78 is 188. The number of hydrogen-bond acceptors (Lipinski definition) is 28. The van der Waals surface area contributed by atoms with Crippen LogP contribution in [0, 0.1) is 23.7 Å². The summed E-state index contributed by atoms with van der Waals surface area (Å²) >= 11 is 0. The molecule has 4 aromatic carbocycles. The Morgan fingerprint density at radius 3 is 0.694 bits per heavy atom. The van der Waals surface area contributed by atoms with Crippen LogP contribution in [0.5, 0.6) is 0 Å². The molecule has 4 aliphatic rings. The van der Waals surface area contributed by atoms with Crippen LogP contribution >= 0.6 is 60.2 Å². The molecule has 792 valence electrons. The second kappa shape index (κ2) is 59.8. The van der Waals surface area contributed by atoms with Gasteiger partial charge in [0, 0.05) is 98.9 Å². The van der Waals surface area contributed by atoms with Crippen LogP contribution in [-0.4, -0.2) is 243 Å². The Hall–Kier alpha value is -9.12. The number of methoxy groups -OCH3 is 8. The lowest BCUT2D eigenvalue weighted by molar-refractivity contribution is -0.146. The molecule has 44 heteroatoms. The first-order valence-corrected chi connectivity index (χ1v) is 59.6.